The minimum atomic E-state index is 1.24. The second-order valence-corrected chi connectivity index (χ2v) is 6.40. The molecule has 0 spiro atoms. The van der Waals surface area contributed by atoms with E-state index in [2.05, 4.69) is 96.7 Å². The van der Waals surface area contributed by atoms with Crippen LogP contribution in [0.15, 0.2) is 72.8 Å². The van der Waals surface area contributed by atoms with E-state index < -0.39 is 0 Å². The van der Waals surface area contributed by atoms with Crippen LogP contribution in [0.1, 0.15) is 0 Å². The van der Waals surface area contributed by atoms with Gasteiger partial charge < -0.3 is 9.80 Å². The quantitative estimate of drug-likeness (QED) is 0.376. The summed E-state index contributed by atoms with van der Waals surface area (Å²) < 4.78 is 0. The monoisotopic (exact) mass is 310 g/mol. The molecule has 0 saturated carbocycles. The fourth-order valence-corrected chi connectivity index (χ4v) is 4.06. The lowest BCUT2D eigenvalue weighted by molar-refractivity contribution is 1.11. The van der Waals surface area contributed by atoms with E-state index in [4.69, 9.17) is 0 Å². The van der Waals surface area contributed by atoms with Gasteiger partial charge in [0.15, 0.2) is 0 Å². The average Bonchev–Trinajstić information content (AvgIpc) is 2.65. The smallest absolute Gasteiger partial charge is 0.0736 e. The molecular weight excluding hydrogens is 292 g/mol. The molecule has 0 saturated heterocycles. The molecule has 1 aliphatic rings. The molecule has 2 heteroatoms. The van der Waals surface area contributed by atoms with Crippen molar-refractivity contribution in [2.75, 3.05) is 23.9 Å². The number of hydrogen-bond acceptors (Lipinski definition) is 2. The van der Waals surface area contributed by atoms with Crippen LogP contribution in [0.25, 0.3) is 21.5 Å². The fraction of sp³-hybridized carbons (Fsp3) is 0.0909. The highest BCUT2D eigenvalue weighted by Crippen LogP contribution is 2.52. The number of nitrogens with zero attached hydrogens (tertiary/aromatic N) is 2. The largest absolute Gasteiger partial charge is 0.341 e. The predicted molar refractivity (Wildman–Crippen MR) is 104 cm³/mol. The Labute approximate surface area is 141 Å². The molecule has 0 aromatic heterocycles. The van der Waals surface area contributed by atoms with E-state index in [1.807, 2.05) is 0 Å². The van der Waals surface area contributed by atoms with E-state index in [1.165, 1.54) is 44.3 Å². The Morgan fingerprint density at radius 2 is 0.792 bits per heavy atom. The van der Waals surface area contributed by atoms with Gasteiger partial charge in [-0.2, -0.15) is 0 Å². The van der Waals surface area contributed by atoms with Crippen LogP contribution in [0.4, 0.5) is 22.7 Å². The summed E-state index contributed by atoms with van der Waals surface area (Å²) in [7, 11) is 4.34. The molecule has 4 aromatic rings. The third-order valence-corrected chi connectivity index (χ3v) is 5.15. The number of hydrogen-bond donors (Lipinski definition) is 0. The minimum Gasteiger partial charge on any atom is -0.341 e. The highest BCUT2D eigenvalue weighted by atomic mass is 15.2. The van der Waals surface area contributed by atoms with Gasteiger partial charge in [-0.3, -0.25) is 0 Å². The maximum absolute atomic E-state index is 2.33. The maximum atomic E-state index is 2.33. The first-order chi connectivity index (χ1) is 11.8. The molecule has 116 valence electrons. The first-order valence-corrected chi connectivity index (χ1v) is 8.27. The van der Waals surface area contributed by atoms with E-state index in [0.717, 1.165) is 0 Å². The van der Waals surface area contributed by atoms with Crippen molar-refractivity contribution in [3.63, 3.8) is 0 Å². The van der Waals surface area contributed by atoms with Crippen molar-refractivity contribution in [1.29, 1.82) is 0 Å². The number of fused-ring (bicyclic) bond motifs is 7. The average molecular weight is 310 g/mol. The summed E-state index contributed by atoms with van der Waals surface area (Å²) in [6.07, 6.45) is 0. The fourth-order valence-electron chi connectivity index (χ4n) is 4.06. The van der Waals surface area contributed by atoms with Crippen molar-refractivity contribution in [2.45, 2.75) is 0 Å². The van der Waals surface area contributed by atoms with E-state index in [0.29, 0.717) is 0 Å². The number of anilines is 4. The zero-order valence-electron chi connectivity index (χ0n) is 13.8. The van der Waals surface area contributed by atoms with E-state index in [9.17, 15) is 0 Å². The summed E-state index contributed by atoms with van der Waals surface area (Å²) in [6.45, 7) is 0. The van der Waals surface area contributed by atoms with Gasteiger partial charge in [-0.15, -0.1) is 0 Å². The first kappa shape index (κ1) is 13.4. The number of para-hydroxylation sites is 2. The van der Waals surface area contributed by atoms with Crippen molar-refractivity contribution in [1.82, 2.24) is 0 Å². The van der Waals surface area contributed by atoms with Crippen LogP contribution in [0.3, 0.4) is 0 Å². The lowest BCUT2D eigenvalue weighted by atomic mass is 9.95. The molecule has 1 heterocycles. The van der Waals surface area contributed by atoms with Crippen molar-refractivity contribution < 1.29 is 0 Å². The van der Waals surface area contributed by atoms with Gasteiger partial charge in [-0.05, 0) is 22.9 Å². The van der Waals surface area contributed by atoms with Crippen molar-refractivity contribution in [2.24, 2.45) is 0 Å². The van der Waals surface area contributed by atoms with Gasteiger partial charge in [-0.25, -0.2) is 0 Å². The van der Waals surface area contributed by atoms with Gasteiger partial charge in [-0.1, -0.05) is 60.7 Å². The molecule has 0 bridgehead atoms. The Bertz CT molecular complexity index is 1010. The summed E-state index contributed by atoms with van der Waals surface area (Å²) in [5.74, 6) is 0. The van der Waals surface area contributed by atoms with Crippen LogP contribution < -0.4 is 9.80 Å². The second kappa shape index (κ2) is 4.75. The summed E-state index contributed by atoms with van der Waals surface area (Å²) in [6, 6.07) is 26.0. The summed E-state index contributed by atoms with van der Waals surface area (Å²) in [4.78, 5) is 4.67. The predicted octanol–water partition coefficient (Wildman–Crippen LogP) is 5.84. The first-order valence-electron chi connectivity index (χ1n) is 8.27. The molecule has 0 unspecified atom stereocenters. The number of benzene rings is 4. The summed E-state index contributed by atoms with van der Waals surface area (Å²) in [5.41, 5.74) is 5.05. The molecule has 2 nitrogen and oxygen atoms in total. The lowest BCUT2D eigenvalue weighted by Crippen LogP contribution is -2.24. The highest BCUT2D eigenvalue weighted by Gasteiger charge is 2.27. The van der Waals surface area contributed by atoms with Crippen LogP contribution >= 0.6 is 0 Å². The van der Waals surface area contributed by atoms with Crippen LogP contribution in [0, 0.1) is 0 Å². The molecule has 0 N–H and O–H groups in total. The topological polar surface area (TPSA) is 6.48 Å². The van der Waals surface area contributed by atoms with Crippen LogP contribution in [0.5, 0.6) is 0 Å². The van der Waals surface area contributed by atoms with Crippen molar-refractivity contribution >= 4 is 44.3 Å². The van der Waals surface area contributed by atoms with E-state index >= 15 is 0 Å². The standard InChI is InChI=1S/C22H18N2/c1-23-19-13-7-8-14-20(19)24(2)22-18-12-6-4-10-16(18)15-9-3-5-11-17(15)21(22)23/h3-14H,1-2H3. The minimum absolute atomic E-state index is 1.24. The Balaban J connectivity index is 2.02. The molecule has 0 amide bonds. The molecule has 0 aliphatic carbocycles. The summed E-state index contributed by atoms with van der Waals surface area (Å²) in [5, 5.41) is 5.23. The van der Waals surface area contributed by atoms with Gasteiger partial charge in [0.25, 0.3) is 0 Å². The maximum Gasteiger partial charge on any atom is 0.0736 e. The Kier molecular flexibility index (Phi) is 2.66. The molecule has 0 fully saturated rings. The van der Waals surface area contributed by atoms with Crippen LogP contribution in [0.2, 0.25) is 0 Å². The van der Waals surface area contributed by atoms with Gasteiger partial charge in [0.2, 0.25) is 0 Å². The molecule has 0 radical (unpaired) electrons. The van der Waals surface area contributed by atoms with Crippen molar-refractivity contribution in [3.05, 3.63) is 72.8 Å². The Morgan fingerprint density at radius 1 is 0.458 bits per heavy atom. The third-order valence-electron chi connectivity index (χ3n) is 5.15. The third kappa shape index (κ3) is 1.60. The Morgan fingerprint density at radius 3 is 1.21 bits per heavy atom. The van der Waals surface area contributed by atoms with Gasteiger partial charge in [0.05, 0.1) is 22.7 Å². The zero-order valence-corrected chi connectivity index (χ0v) is 13.8. The second-order valence-electron chi connectivity index (χ2n) is 6.40. The number of rotatable bonds is 0. The summed E-state index contributed by atoms with van der Waals surface area (Å²) >= 11 is 0. The van der Waals surface area contributed by atoms with Gasteiger partial charge in [0, 0.05) is 24.9 Å². The van der Waals surface area contributed by atoms with Crippen LogP contribution in [-0.4, -0.2) is 14.1 Å². The Hall–Kier alpha value is -3.00. The molecule has 1 aliphatic heterocycles. The molecule has 24 heavy (non-hydrogen) atoms. The van der Waals surface area contributed by atoms with Gasteiger partial charge >= 0.3 is 0 Å². The van der Waals surface area contributed by atoms with Crippen molar-refractivity contribution in [3.8, 4) is 0 Å². The normalized spacial score (nSPS) is 13.2. The van der Waals surface area contributed by atoms with Crippen LogP contribution in [-0.2, 0) is 0 Å². The van der Waals surface area contributed by atoms with E-state index in [-0.39, 0.29) is 0 Å². The molecule has 4 aromatic carbocycles. The molecule has 0 atom stereocenters. The molecular formula is C22H18N2. The zero-order chi connectivity index (χ0) is 16.3. The highest BCUT2D eigenvalue weighted by molar-refractivity contribution is 6.23. The van der Waals surface area contributed by atoms with E-state index in [1.54, 1.807) is 0 Å². The SMILES string of the molecule is CN1c2ccccc2N(C)c2c1c1ccccc1c1ccccc21. The van der Waals surface area contributed by atoms with Gasteiger partial charge in [0.1, 0.15) is 0 Å². The molecule has 5 rings (SSSR count). The lowest BCUT2D eigenvalue weighted by Gasteiger charge is -2.38.